The predicted molar refractivity (Wildman–Crippen MR) is 283 cm³/mol. The van der Waals surface area contributed by atoms with Crippen LogP contribution in [0.1, 0.15) is 328 Å². The number of aliphatic hydroxyl groups excluding tert-OH is 2. The van der Waals surface area contributed by atoms with Crippen molar-refractivity contribution >= 4 is 11.9 Å². The van der Waals surface area contributed by atoms with Crippen LogP contribution in [-0.2, 0) is 14.3 Å². The number of ether oxygens (including phenoxy) is 1. The maximum Gasteiger partial charge on any atom is 0.305 e. The van der Waals surface area contributed by atoms with Crippen LogP contribution in [0.25, 0.3) is 0 Å². The molecule has 6 nitrogen and oxygen atoms in total. The van der Waals surface area contributed by atoms with E-state index < -0.39 is 12.1 Å². The molecule has 0 aliphatic heterocycles. The topological polar surface area (TPSA) is 95.9 Å². The lowest BCUT2D eigenvalue weighted by atomic mass is 10.0. The molecule has 0 aromatic carbocycles. The molecule has 65 heavy (non-hydrogen) atoms. The Kier molecular flexibility index (Phi) is 54.0. The van der Waals surface area contributed by atoms with Crippen molar-refractivity contribution in [2.24, 2.45) is 0 Å². The molecule has 1 amide bonds. The van der Waals surface area contributed by atoms with Crippen LogP contribution in [0.4, 0.5) is 0 Å². The molecule has 2 unspecified atom stereocenters. The zero-order chi connectivity index (χ0) is 47.2. The zero-order valence-electron chi connectivity index (χ0n) is 44.0. The fraction of sp³-hybridized carbons (Fsp3) is 0.932. The van der Waals surface area contributed by atoms with Crippen molar-refractivity contribution in [3.8, 4) is 0 Å². The summed E-state index contributed by atoms with van der Waals surface area (Å²) in [5.41, 5.74) is 0. The zero-order valence-corrected chi connectivity index (χ0v) is 44.0. The molecule has 6 heteroatoms. The molecule has 2 atom stereocenters. The number of hydrogen-bond acceptors (Lipinski definition) is 5. The van der Waals surface area contributed by atoms with Gasteiger partial charge in [0.1, 0.15) is 0 Å². The Morgan fingerprint density at radius 3 is 1.09 bits per heavy atom. The Hall–Kier alpha value is -1.40. The molecule has 0 aromatic heterocycles. The van der Waals surface area contributed by atoms with Crippen molar-refractivity contribution in [3.05, 3.63) is 12.2 Å². The number of hydrogen-bond donors (Lipinski definition) is 3. The number of unbranched alkanes of at least 4 members (excludes halogenated alkanes) is 42. The lowest BCUT2D eigenvalue weighted by Gasteiger charge is -2.22. The second kappa shape index (κ2) is 55.2. The van der Waals surface area contributed by atoms with Gasteiger partial charge in [0.25, 0.3) is 0 Å². The number of nitrogens with one attached hydrogen (secondary N) is 1. The number of amides is 1. The smallest absolute Gasteiger partial charge is 0.305 e. The van der Waals surface area contributed by atoms with Crippen LogP contribution in [0.3, 0.4) is 0 Å². The van der Waals surface area contributed by atoms with Gasteiger partial charge in [0, 0.05) is 12.8 Å². The van der Waals surface area contributed by atoms with E-state index in [1.165, 1.54) is 244 Å². The highest BCUT2D eigenvalue weighted by molar-refractivity contribution is 5.76. The van der Waals surface area contributed by atoms with Crippen molar-refractivity contribution in [2.45, 2.75) is 341 Å². The van der Waals surface area contributed by atoms with E-state index in [9.17, 15) is 19.8 Å². The van der Waals surface area contributed by atoms with Gasteiger partial charge < -0.3 is 20.3 Å². The highest BCUT2D eigenvalue weighted by Crippen LogP contribution is 2.17. The van der Waals surface area contributed by atoms with E-state index in [2.05, 4.69) is 31.3 Å². The third kappa shape index (κ3) is 51.8. The van der Waals surface area contributed by atoms with E-state index in [0.29, 0.717) is 25.9 Å². The Morgan fingerprint density at radius 1 is 0.415 bits per heavy atom. The van der Waals surface area contributed by atoms with Crippen molar-refractivity contribution in [3.63, 3.8) is 0 Å². The third-order valence-corrected chi connectivity index (χ3v) is 13.8. The molecular weight excluding hydrogens is 803 g/mol. The van der Waals surface area contributed by atoms with Crippen LogP contribution in [0.5, 0.6) is 0 Å². The highest BCUT2D eigenvalue weighted by Gasteiger charge is 2.20. The van der Waals surface area contributed by atoms with Crippen LogP contribution in [-0.4, -0.2) is 47.4 Å². The Morgan fingerprint density at radius 2 is 0.723 bits per heavy atom. The van der Waals surface area contributed by atoms with Gasteiger partial charge in [-0.05, 0) is 51.4 Å². The third-order valence-electron chi connectivity index (χ3n) is 13.8. The summed E-state index contributed by atoms with van der Waals surface area (Å²) in [6.07, 6.45) is 64.9. The highest BCUT2D eigenvalue weighted by atomic mass is 16.5. The lowest BCUT2D eigenvalue weighted by Crippen LogP contribution is -2.45. The van der Waals surface area contributed by atoms with Crippen molar-refractivity contribution in [1.82, 2.24) is 5.32 Å². The minimum atomic E-state index is -0.671. The normalized spacial score (nSPS) is 12.6. The van der Waals surface area contributed by atoms with Gasteiger partial charge in [-0.25, -0.2) is 0 Å². The minimum Gasteiger partial charge on any atom is -0.466 e. The van der Waals surface area contributed by atoms with Crippen LogP contribution in [0.15, 0.2) is 12.2 Å². The SMILES string of the molecule is CCCCCCCCCCCCCCCCCCC(O)C(CO)NC(=O)CCCCCCCCC/C=C\CCCCCCCCOC(=O)CCCCCCCCCCCCCCCCC. The molecule has 0 aromatic rings. The molecule has 0 saturated carbocycles. The monoisotopic (exact) mass is 918 g/mol. The molecule has 0 spiro atoms. The molecule has 0 aliphatic rings. The van der Waals surface area contributed by atoms with Gasteiger partial charge in [0.05, 0.1) is 25.4 Å². The van der Waals surface area contributed by atoms with Crippen LogP contribution >= 0.6 is 0 Å². The maximum absolute atomic E-state index is 12.5. The summed E-state index contributed by atoms with van der Waals surface area (Å²) >= 11 is 0. The van der Waals surface area contributed by atoms with Crippen LogP contribution in [0.2, 0.25) is 0 Å². The predicted octanol–water partition coefficient (Wildman–Crippen LogP) is 18.1. The Labute approximate surface area is 406 Å². The van der Waals surface area contributed by atoms with Gasteiger partial charge in [-0.2, -0.15) is 0 Å². The summed E-state index contributed by atoms with van der Waals surface area (Å²) in [6, 6.07) is -0.549. The summed E-state index contributed by atoms with van der Waals surface area (Å²) in [4.78, 5) is 24.5. The molecule has 0 saturated heterocycles. The lowest BCUT2D eigenvalue weighted by molar-refractivity contribution is -0.143. The number of aliphatic hydroxyl groups is 2. The molecule has 0 radical (unpaired) electrons. The summed E-state index contributed by atoms with van der Waals surface area (Å²) in [6.45, 7) is 4.96. The summed E-state index contributed by atoms with van der Waals surface area (Å²) in [5, 5.41) is 23.3. The van der Waals surface area contributed by atoms with Gasteiger partial charge in [-0.3, -0.25) is 9.59 Å². The van der Waals surface area contributed by atoms with E-state index in [1.54, 1.807) is 0 Å². The van der Waals surface area contributed by atoms with E-state index in [-0.39, 0.29) is 18.5 Å². The van der Waals surface area contributed by atoms with Gasteiger partial charge in [-0.15, -0.1) is 0 Å². The van der Waals surface area contributed by atoms with Crippen molar-refractivity contribution in [1.29, 1.82) is 0 Å². The molecule has 386 valence electrons. The van der Waals surface area contributed by atoms with Gasteiger partial charge in [-0.1, -0.05) is 276 Å². The van der Waals surface area contributed by atoms with Crippen LogP contribution < -0.4 is 5.32 Å². The van der Waals surface area contributed by atoms with E-state index in [1.807, 2.05) is 0 Å². The quantitative estimate of drug-likeness (QED) is 0.0321. The van der Waals surface area contributed by atoms with E-state index >= 15 is 0 Å². The number of carbonyl (C=O) groups is 2. The molecule has 0 heterocycles. The molecule has 3 N–H and O–H groups in total. The fourth-order valence-electron chi connectivity index (χ4n) is 9.28. The molecule has 0 rings (SSSR count). The average molecular weight is 919 g/mol. The molecular formula is C59H115NO5. The van der Waals surface area contributed by atoms with E-state index in [0.717, 1.165) is 51.4 Å². The van der Waals surface area contributed by atoms with Gasteiger partial charge in [0.2, 0.25) is 5.91 Å². The fourth-order valence-corrected chi connectivity index (χ4v) is 9.28. The maximum atomic E-state index is 12.5. The summed E-state index contributed by atoms with van der Waals surface area (Å²) < 4.78 is 5.48. The number of rotatable bonds is 55. The van der Waals surface area contributed by atoms with Gasteiger partial charge >= 0.3 is 5.97 Å². The second-order valence-electron chi connectivity index (χ2n) is 20.3. The number of allylic oxidation sites excluding steroid dienone is 2. The first-order chi connectivity index (χ1) is 32.0. The molecule has 0 bridgehead atoms. The average Bonchev–Trinajstić information content (AvgIpc) is 3.31. The minimum absolute atomic E-state index is 0.00174. The Bertz CT molecular complexity index is 970. The Balaban J connectivity index is 3.44. The first-order valence-corrected chi connectivity index (χ1v) is 29.4. The first kappa shape index (κ1) is 63.6. The first-order valence-electron chi connectivity index (χ1n) is 29.4. The van der Waals surface area contributed by atoms with Crippen molar-refractivity contribution < 1.29 is 24.5 Å². The summed E-state index contributed by atoms with van der Waals surface area (Å²) in [5.74, 6) is -0.0428. The second-order valence-corrected chi connectivity index (χ2v) is 20.3. The van der Waals surface area contributed by atoms with Crippen molar-refractivity contribution in [2.75, 3.05) is 13.2 Å². The largest absolute Gasteiger partial charge is 0.466 e. The standard InChI is InChI=1S/C59H115NO5/c1-3-5-7-9-11-13-15-17-19-24-27-31-35-39-43-47-51-57(62)56(55-61)60-58(63)52-48-44-40-36-32-28-25-21-20-22-26-30-34-38-42-46-50-54-65-59(64)53-49-45-41-37-33-29-23-18-16-14-12-10-8-6-4-2/h20,22,56-57,61-62H,3-19,21,23-55H2,1-2H3,(H,60,63)/b22-20-. The van der Waals surface area contributed by atoms with Gasteiger partial charge in [0.15, 0.2) is 0 Å². The molecule has 0 aliphatic carbocycles. The number of esters is 1. The van der Waals surface area contributed by atoms with Crippen LogP contribution in [0, 0.1) is 0 Å². The summed E-state index contributed by atoms with van der Waals surface area (Å²) in [7, 11) is 0. The van der Waals surface area contributed by atoms with E-state index in [4.69, 9.17) is 4.74 Å². The number of carbonyl (C=O) groups excluding carboxylic acids is 2. The molecule has 0 fully saturated rings.